The highest BCUT2D eigenvalue weighted by Gasteiger charge is 2.07. The Hall–Kier alpha value is -2.58. The fourth-order valence-corrected chi connectivity index (χ4v) is 2.01. The Labute approximate surface area is 120 Å². The number of halogens is 1. The zero-order valence-corrected chi connectivity index (χ0v) is 11.1. The van der Waals surface area contributed by atoms with Crippen LogP contribution < -0.4 is 4.74 Å². The molecular weight excluding hydrogens is 276 g/mol. The van der Waals surface area contributed by atoms with Crippen molar-refractivity contribution in [1.29, 1.82) is 5.26 Å². The summed E-state index contributed by atoms with van der Waals surface area (Å²) in [6, 6.07) is 14.5. The van der Waals surface area contributed by atoms with E-state index in [0.29, 0.717) is 16.3 Å². The van der Waals surface area contributed by atoms with Gasteiger partial charge in [-0.1, -0.05) is 28.9 Å². The number of nitriles is 1. The Morgan fingerprint density at radius 1 is 1.25 bits per heavy atom. The van der Waals surface area contributed by atoms with Crippen LogP contribution in [0.5, 0.6) is 5.75 Å². The van der Waals surface area contributed by atoms with Crippen LogP contribution in [-0.4, -0.2) is 15.0 Å². The summed E-state index contributed by atoms with van der Waals surface area (Å²) in [6.07, 6.45) is 0. The van der Waals surface area contributed by atoms with Crippen molar-refractivity contribution in [2.75, 3.05) is 0 Å². The molecule has 0 aliphatic carbocycles. The summed E-state index contributed by atoms with van der Waals surface area (Å²) in [5.41, 5.74) is 2.09. The molecule has 5 nitrogen and oxygen atoms in total. The van der Waals surface area contributed by atoms with Gasteiger partial charge in [0.25, 0.3) is 0 Å². The Morgan fingerprint density at radius 2 is 2.10 bits per heavy atom. The SMILES string of the molecule is N#Cc1ccc(Cl)cc1OCn1nnc2ccccc21. The highest BCUT2D eigenvalue weighted by molar-refractivity contribution is 6.30. The largest absolute Gasteiger partial charge is 0.470 e. The van der Waals surface area contributed by atoms with Gasteiger partial charge >= 0.3 is 0 Å². The second-order valence-electron chi connectivity index (χ2n) is 4.10. The summed E-state index contributed by atoms with van der Waals surface area (Å²) in [6.45, 7) is 0.162. The van der Waals surface area contributed by atoms with E-state index in [0.717, 1.165) is 11.0 Å². The first-order valence-electron chi connectivity index (χ1n) is 5.88. The first-order chi connectivity index (χ1) is 9.78. The quantitative estimate of drug-likeness (QED) is 0.742. The van der Waals surface area contributed by atoms with Crippen LogP contribution in [0.3, 0.4) is 0 Å². The Balaban J connectivity index is 1.87. The van der Waals surface area contributed by atoms with Crippen LogP contribution in [0.4, 0.5) is 0 Å². The van der Waals surface area contributed by atoms with Crippen LogP contribution in [0.2, 0.25) is 5.02 Å². The normalized spacial score (nSPS) is 10.4. The number of aromatic nitrogens is 3. The van der Waals surface area contributed by atoms with Crippen molar-refractivity contribution in [2.24, 2.45) is 0 Å². The monoisotopic (exact) mass is 284 g/mol. The van der Waals surface area contributed by atoms with Crippen LogP contribution in [0.1, 0.15) is 5.56 Å². The first kappa shape index (κ1) is 12.5. The number of para-hydroxylation sites is 1. The van der Waals surface area contributed by atoms with E-state index < -0.39 is 0 Å². The van der Waals surface area contributed by atoms with E-state index in [4.69, 9.17) is 21.6 Å². The number of nitrogens with zero attached hydrogens (tertiary/aromatic N) is 4. The average Bonchev–Trinajstić information content (AvgIpc) is 2.88. The molecule has 0 aliphatic rings. The minimum Gasteiger partial charge on any atom is -0.470 e. The molecule has 0 saturated heterocycles. The topological polar surface area (TPSA) is 63.7 Å². The number of rotatable bonds is 3. The van der Waals surface area contributed by atoms with E-state index in [9.17, 15) is 0 Å². The highest BCUT2D eigenvalue weighted by atomic mass is 35.5. The second kappa shape index (κ2) is 5.19. The van der Waals surface area contributed by atoms with Crippen molar-refractivity contribution in [1.82, 2.24) is 15.0 Å². The van der Waals surface area contributed by atoms with Crippen molar-refractivity contribution >= 4 is 22.6 Å². The van der Waals surface area contributed by atoms with Gasteiger partial charge in [0.15, 0.2) is 6.73 Å². The molecule has 3 aromatic rings. The molecule has 1 aromatic heterocycles. The van der Waals surface area contributed by atoms with Crippen molar-refractivity contribution in [2.45, 2.75) is 6.73 Å². The molecule has 0 fully saturated rings. The van der Waals surface area contributed by atoms with E-state index >= 15 is 0 Å². The van der Waals surface area contributed by atoms with Gasteiger partial charge in [-0.25, -0.2) is 4.68 Å². The van der Waals surface area contributed by atoms with Gasteiger partial charge in [-0.3, -0.25) is 0 Å². The van der Waals surface area contributed by atoms with E-state index in [-0.39, 0.29) is 6.73 Å². The van der Waals surface area contributed by atoms with Crippen molar-refractivity contribution in [3.8, 4) is 11.8 Å². The number of hydrogen-bond donors (Lipinski definition) is 0. The van der Waals surface area contributed by atoms with Gasteiger partial charge in [-0.2, -0.15) is 5.26 Å². The fraction of sp³-hybridized carbons (Fsp3) is 0.0714. The second-order valence-corrected chi connectivity index (χ2v) is 4.54. The average molecular weight is 285 g/mol. The molecule has 0 spiro atoms. The van der Waals surface area contributed by atoms with Crippen LogP contribution >= 0.6 is 11.6 Å². The lowest BCUT2D eigenvalue weighted by Gasteiger charge is -2.08. The van der Waals surface area contributed by atoms with E-state index in [1.807, 2.05) is 24.3 Å². The third-order valence-corrected chi connectivity index (χ3v) is 3.06. The van der Waals surface area contributed by atoms with Gasteiger partial charge in [0, 0.05) is 11.1 Å². The third-order valence-electron chi connectivity index (χ3n) is 2.83. The summed E-state index contributed by atoms with van der Waals surface area (Å²) in [5, 5.41) is 17.6. The molecule has 2 aromatic carbocycles. The molecule has 0 bridgehead atoms. The number of hydrogen-bond acceptors (Lipinski definition) is 4. The molecule has 0 unspecified atom stereocenters. The molecule has 6 heteroatoms. The fourth-order valence-electron chi connectivity index (χ4n) is 1.85. The van der Waals surface area contributed by atoms with Gasteiger partial charge in [0.1, 0.15) is 17.3 Å². The van der Waals surface area contributed by atoms with E-state index in [2.05, 4.69) is 16.4 Å². The molecule has 0 saturated carbocycles. The third kappa shape index (κ3) is 2.29. The zero-order valence-electron chi connectivity index (χ0n) is 10.3. The van der Waals surface area contributed by atoms with Gasteiger partial charge in [0.05, 0.1) is 11.1 Å². The highest BCUT2D eigenvalue weighted by Crippen LogP contribution is 2.23. The molecule has 1 heterocycles. The van der Waals surface area contributed by atoms with Gasteiger partial charge < -0.3 is 4.74 Å². The molecule has 0 atom stereocenters. The van der Waals surface area contributed by atoms with Crippen LogP contribution in [0.25, 0.3) is 11.0 Å². The summed E-state index contributed by atoms with van der Waals surface area (Å²) in [7, 11) is 0. The minimum absolute atomic E-state index is 0.162. The predicted octanol–water partition coefficient (Wildman–Crippen LogP) is 2.99. The van der Waals surface area contributed by atoms with Crippen molar-refractivity contribution in [3.63, 3.8) is 0 Å². The van der Waals surface area contributed by atoms with Crippen LogP contribution in [-0.2, 0) is 6.73 Å². The molecule has 98 valence electrons. The number of ether oxygens (including phenoxy) is 1. The van der Waals surface area contributed by atoms with Gasteiger partial charge in [-0.05, 0) is 24.3 Å². The summed E-state index contributed by atoms with van der Waals surface area (Å²) in [5.74, 6) is 0.430. The first-order valence-corrected chi connectivity index (χ1v) is 6.26. The Kier molecular flexibility index (Phi) is 3.23. The minimum atomic E-state index is 0.162. The number of benzene rings is 2. The standard InChI is InChI=1S/C14H9ClN4O/c15-11-6-5-10(8-16)14(7-11)20-9-19-13-4-2-1-3-12(13)17-18-19/h1-7H,9H2. The lowest BCUT2D eigenvalue weighted by molar-refractivity contribution is 0.222. The summed E-state index contributed by atoms with van der Waals surface area (Å²) in [4.78, 5) is 0. The van der Waals surface area contributed by atoms with E-state index in [1.54, 1.807) is 22.9 Å². The maximum absolute atomic E-state index is 9.03. The molecule has 0 aliphatic heterocycles. The molecular formula is C14H9ClN4O. The summed E-state index contributed by atoms with van der Waals surface area (Å²) >= 11 is 5.91. The molecule has 0 amide bonds. The maximum atomic E-state index is 9.03. The maximum Gasteiger partial charge on any atom is 0.183 e. The smallest absolute Gasteiger partial charge is 0.183 e. The number of fused-ring (bicyclic) bond motifs is 1. The predicted molar refractivity (Wildman–Crippen MR) is 74.3 cm³/mol. The molecule has 20 heavy (non-hydrogen) atoms. The lowest BCUT2D eigenvalue weighted by atomic mass is 10.2. The van der Waals surface area contributed by atoms with Crippen LogP contribution in [0.15, 0.2) is 42.5 Å². The molecule has 0 N–H and O–H groups in total. The van der Waals surface area contributed by atoms with Crippen molar-refractivity contribution < 1.29 is 4.74 Å². The van der Waals surface area contributed by atoms with Crippen molar-refractivity contribution in [3.05, 3.63) is 53.1 Å². The Morgan fingerprint density at radius 3 is 2.95 bits per heavy atom. The van der Waals surface area contributed by atoms with Crippen LogP contribution in [0, 0.1) is 11.3 Å². The Bertz CT molecular complexity index is 806. The zero-order chi connectivity index (χ0) is 13.9. The summed E-state index contributed by atoms with van der Waals surface area (Å²) < 4.78 is 7.24. The van der Waals surface area contributed by atoms with Gasteiger partial charge in [-0.15, -0.1) is 5.10 Å². The van der Waals surface area contributed by atoms with E-state index in [1.165, 1.54) is 0 Å². The lowest BCUT2D eigenvalue weighted by Crippen LogP contribution is -2.07. The molecule has 0 radical (unpaired) electrons. The molecule has 3 rings (SSSR count). The van der Waals surface area contributed by atoms with Gasteiger partial charge in [0.2, 0.25) is 0 Å².